The van der Waals surface area contributed by atoms with Gasteiger partial charge in [-0.3, -0.25) is 9.59 Å². The first-order valence-electron chi connectivity index (χ1n) is 12.3. The molecule has 8 heteroatoms. The van der Waals surface area contributed by atoms with Crippen LogP contribution in [0, 0.1) is 5.92 Å². The number of rotatable bonds is 6. The number of nitrogens with one attached hydrogen (secondary N) is 2. The van der Waals surface area contributed by atoms with E-state index < -0.39 is 30.1 Å². The molecule has 5 rings (SSSR count). The number of carbonyl (C=O) groups is 3. The Morgan fingerprint density at radius 2 is 1.63 bits per heavy atom. The topological polar surface area (TPSA) is 114 Å². The Morgan fingerprint density at radius 3 is 2.31 bits per heavy atom. The number of aliphatic carboxylic acids is 1. The van der Waals surface area contributed by atoms with Crippen LogP contribution in [0.5, 0.6) is 0 Å². The molecular weight excluding hydrogens is 448 g/mol. The maximum atomic E-state index is 12.8. The zero-order chi connectivity index (χ0) is 24.4. The molecule has 1 heterocycles. The van der Waals surface area contributed by atoms with Gasteiger partial charge in [0.05, 0.1) is 12.0 Å². The Bertz CT molecular complexity index is 1070. The van der Waals surface area contributed by atoms with Crippen molar-refractivity contribution < 1.29 is 29.0 Å². The van der Waals surface area contributed by atoms with Gasteiger partial charge < -0.3 is 25.2 Å². The molecule has 2 aliphatic carbocycles. The average molecular weight is 479 g/mol. The van der Waals surface area contributed by atoms with E-state index in [1.54, 1.807) is 0 Å². The van der Waals surface area contributed by atoms with Crippen LogP contribution in [0.1, 0.15) is 49.1 Å². The first kappa shape index (κ1) is 23.4. The van der Waals surface area contributed by atoms with Crippen LogP contribution in [-0.4, -0.2) is 54.5 Å². The van der Waals surface area contributed by atoms with E-state index in [1.165, 1.54) is 0 Å². The monoisotopic (exact) mass is 478 g/mol. The summed E-state index contributed by atoms with van der Waals surface area (Å²) in [5.41, 5.74) is 4.59. The van der Waals surface area contributed by atoms with Crippen LogP contribution in [0.25, 0.3) is 11.1 Å². The highest BCUT2D eigenvalue weighted by molar-refractivity contribution is 5.83. The van der Waals surface area contributed by atoms with Gasteiger partial charge in [0.1, 0.15) is 6.61 Å². The molecule has 35 heavy (non-hydrogen) atoms. The molecule has 2 aromatic rings. The van der Waals surface area contributed by atoms with Crippen molar-refractivity contribution in [3.8, 4) is 11.1 Å². The van der Waals surface area contributed by atoms with Crippen molar-refractivity contribution in [1.82, 2.24) is 10.6 Å². The molecule has 1 saturated heterocycles. The molecule has 184 valence electrons. The van der Waals surface area contributed by atoms with E-state index in [-0.39, 0.29) is 24.5 Å². The second-order valence-corrected chi connectivity index (χ2v) is 9.56. The van der Waals surface area contributed by atoms with Crippen molar-refractivity contribution in [3.05, 3.63) is 59.7 Å². The highest BCUT2D eigenvalue weighted by Crippen LogP contribution is 2.44. The van der Waals surface area contributed by atoms with Crippen molar-refractivity contribution >= 4 is 18.0 Å². The van der Waals surface area contributed by atoms with Gasteiger partial charge in [0.2, 0.25) is 0 Å². The third kappa shape index (κ3) is 4.89. The summed E-state index contributed by atoms with van der Waals surface area (Å²) < 4.78 is 11.2. The Kier molecular flexibility index (Phi) is 6.72. The van der Waals surface area contributed by atoms with Crippen LogP contribution in [-0.2, 0) is 19.1 Å². The standard InChI is InChI=1S/C27H30N2O6/c30-25(28-17-7-5-6-16(14-17)26(31)32)24-23(12-13-34-24)29-27(33)35-15-22-20-10-3-1-8-18(20)19-9-2-4-11-21(19)22/h1-4,8-11,16-17,22-24H,5-7,12-15H2,(H,28,30)(H,29,33)(H,31,32)/t16-,17-,23-,24+/m1/s1. The third-order valence-corrected chi connectivity index (χ3v) is 7.37. The van der Waals surface area contributed by atoms with E-state index in [1.807, 2.05) is 24.3 Å². The number of carboxylic acid groups (broad SMARTS) is 1. The molecule has 2 fully saturated rings. The van der Waals surface area contributed by atoms with E-state index in [4.69, 9.17) is 9.47 Å². The van der Waals surface area contributed by atoms with Crippen LogP contribution in [0.15, 0.2) is 48.5 Å². The minimum absolute atomic E-state index is 0.0412. The number of carbonyl (C=O) groups excluding carboxylic acids is 2. The maximum Gasteiger partial charge on any atom is 0.407 e. The molecule has 0 radical (unpaired) electrons. The molecule has 1 saturated carbocycles. The second kappa shape index (κ2) is 10.1. The molecule has 0 bridgehead atoms. The fourth-order valence-electron chi connectivity index (χ4n) is 5.62. The number of hydrogen-bond donors (Lipinski definition) is 3. The molecule has 2 aromatic carbocycles. The van der Waals surface area contributed by atoms with E-state index in [0.717, 1.165) is 35.1 Å². The molecule has 8 nitrogen and oxygen atoms in total. The fourth-order valence-corrected chi connectivity index (χ4v) is 5.62. The third-order valence-electron chi connectivity index (χ3n) is 7.37. The van der Waals surface area contributed by atoms with Crippen molar-refractivity contribution in [3.63, 3.8) is 0 Å². The van der Waals surface area contributed by atoms with Crippen LogP contribution >= 0.6 is 0 Å². The highest BCUT2D eigenvalue weighted by Gasteiger charge is 2.38. The van der Waals surface area contributed by atoms with E-state index in [9.17, 15) is 19.5 Å². The SMILES string of the molecule is O=C(N[C@@H]1CCO[C@@H]1C(=O)N[C@@H]1CCC[C@@H](C(=O)O)C1)OCC1c2ccccc2-c2ccccc21. The normalized spacial score (nSPS) is 25.4. The summed E-state index contributed by atoms with van der Waals surface area (Å²) in [5, 5.41) is 15.0. The molecule has 2 amide bonds. The summed E-state index contributed by atoms with van der Waals surface area (Å²) >= 11 is 0. The summed E-state index contributed by atoms with van der Waals surface area (Å²) in [6, 6.07) is 15.6. The van der Waals surface area contributed by atoms with Crippen molar-refractivity contribution in [2.75, 3.05) is 13.2 Å². The molecule has 3 aliphatic rings. The van der Waals surface area contributed by atoms with E-state index >= 15 is 0 Å². The van der Waals surface area contributed by atoms with Gasteiger partial charge >= 0.3 is 12.1 Å². The van der Waals surface area contributed by atoms with Gasteiger partial charge in [-0.25, -0.2) is 4.79 Å². The van der Waals surface area contributed by atoms with Crippen LogP contribution in [0.3, 0.4) is 0 Å². The summed E-state index contributed by atoms with van der Waals surface area (Å²) in [6.45, 7) is 0.553. The number of benzene rings is 2. The van der Waals surface area contributed by atoms with Gasteiger partial charge in [-0.05, 0) is 47.9 Å². The Morgan fingerprint density at radius 1 is 0.943 bits per heavy atom. The predicted octanol–water partition coefficient (Wildman–Crippen LogP) is 3.44. The number of amides is 2. The molecule has 3 N–H and O–H groups in total. The second-order valence-electron chi connectivity index (χ2n) is 9.56. The Hall–Kier alpha value is -3.39. The first-order chi connectivity index (χ1) is 17.0. The Labute approximate surface area is 204 Å². The number of fused-ring (bicyclic) bond motifs is 3. The minimum Gasteiger partial charge on any atom is -0.481 e. The smallest absolute Gasteiger partial charge is 0.407 e. The van der Waals surface area contributed by atoms with E-state index in [2.05, 4.69) is 34.9 Å². The molecule has 0 spiro atoms. The molecule has 1 aliphatic heterocycles. The number of ether oxygens (including phenoxy) is 2. The lowest BCUT2D eigenvalue weighted by molar-refractivity contribution is -0.143. The van der Waals surface area contributed by atoms with E-state index in [0.29, 0.717) is 25.9 Å². The van der Waals surface area contributed by atoms with Crippen molar-refractivity contribution in [2.45, 2.75) is 56.2 Å². The molecule has 4 atom stereocenters. The zero-order valence-electron chi connectivity index (χ0n) is 19.4. The maximum absolute atomic E-state index is 12.8. The molecule has 0 unspecified atom stereocenters. The van der Waals surface area contributed by atoms with Gasteiger partial charge in [0.15, 0.2) is 6.10 Å². The number of carboxylic acids is 1. The fraction of sp³-hybridized carbons (Fsp3) is 0.444. The average Bonchev–Trinajstić information content (AvgIpc) is 3.45. The van der Waals surface area contributed by atoms with Crippen LogP contribution in [0.2, 0.25) is 0 Å². The van der Waals surface area contributed by atoms with Gasteiger partial charge in [0, 0.05) is 18.6 Å². The van der Waals surface area contributed by atoms with Crippen LogP contribution < -0.4 is 10.6 Å². The number of alkyl carbamates (subject to hydrolysis) is 1. The van der Waals surface area contributed by atoms with Crippen molar-refractivity contribution in [1.29, 1.82) is 0 Å². The van der Waals surface area contributed by atoms with Gasteiger partial charge in [-0.2, -0.15) is 0 Å². The predicted molar refractivity (Wildman–Crippen MR) is 128 cm³/mol. The molecule has 0 aromatic heterocycles. The first-order valence-corrected chi connectivity index (χ1v) is 12.3. The summed E-state index contributed by atoms with van der Waals surface area (Å²) in [6.07, 6.45) is 1.66. The lowest BCUT2D eigenvalue weighted by Crippen LogP contribution is -2.51. The zero-order valence-corrected chi connectivity index (χ0v) is 19.4. The Balaban J connectivity index is 1.17. The van der Waals surface area contributed by atoms with Crippen LogP contribution in [0.4, 0.5) is 4.79 Å². The highest BCUT2D eigenvalue weighted by atomic mass is 16.6. The van der Waals surface area contributed by atoms with Gasteiger partial charge in [-0.15, -0.1) is 0 Å². The van der Waals surface area contributed by atoms with Gasteiger partial charge in [0.25, 0.3) is 5.91 Å². The lowest BCUT2D eigenvalue weighted by atomic mass is 9.85. The summed E-state index contributed by atoms with van der Waals surface area (Å²) in [4.78, 5) is 36.8. The number of hydrogen-bond acceptors (Lipinski definition) is 5. The van der Waals surface area contributed by atoms with Crippen molar-refractivity contribution in [2.24, 2.45) is 5.92 Å². The lowest BCUT2D eigenvalue weighted by Gasteiger charge is -2.29. The quantitative estimate of drug-likeness (QED) is 0.586. The minimum atomic E-state index is -0.823. The van der Waals surface area contributed by atoms with Gasteiger partial charge in [-0.1, -0.05) is 55.0 Å². The summed E-state index contributed by atoms with van der Waals surface area (Å²) in [5.74, 6) is -1.62. The molecular formula is C27H30N2O6. The summed E-state index contributed by atoms with van der Waals surface area (Å²) in [7, 11) is 0. The largest absolute Gasteiger partial charge is 0.481 e.